The van der Waals surface area contributed by atoms with Crippen molar-refractivity contribution in [3.05, 3.63) is 46.7 Å². The van der Waals surface area contributed by atoms with E-state index in [4.69, 9.17) is 28.9 Å². The van der Waals surface area contributed by atoms with Crippen LogP contribution in [-0.4, -0.2) is 18.1 Å². The minimum atomic E-state index is -0.382. The van der Waals surface area contributed by atoms with Crippen molar-refractivity contribution in [2.75, 3.05) is 23.0 Å². The van der Waals surface area contributed by atoms with E-state index in [2.05, 4.69) is 10.3 Å². The van der Waals surface area contributed by atoms with Gasteiger partial charge in [0.15, 0.2) is 0 Å². The van der Waals surface area contributed by atoms with Gasteiger partial charge in [-0.2, -0.15) is 0 Å². The second-order valence-electron chi connectivity index (χ2n) is 4.05. The third-order valence-corrected chi connectivity index (χ3v) is 3.23. The summed E-state index contributed by atoms with van der Waals surface area (Å²) >= 11 is 11.9. The number of nitrogen functional groups attached to an aromatic ring is 1. The summed E-state index contributed by atoms with van der Waals surface area (Å²) in [5.74, 6) is 0. The molecule has 0 unspecified atom stereocenters. The molecule has 1 heterocycles. The Kier molecular flexibility index (Phi) is 4.32. The van der Waals surface area contributed by atoms with E-state index in [1.165, 1.54) is 11.1 Å². The predicted molar refractivity (Wildman–Crippen MR) is 82.5 cm³/mol. The predicted octanol–water partition coefficient (Wildman–Crippen LogP) is 3.64. The number of nitrogens with zero attached hydrogens (tertiary/aromatic N) is 2. The molecule has 0 saturated heterocycles. The Morgan fingerprint density at radius 1 is 1.35 bits per heavy atom. The highest BCUT2D eigenvalue weighted by Gasteiger charge is 2.14. The van der Waals surface area contributed by atoms with Crippen molar-refractivity contribution < 1.29 is 4.79 Å². The zero-order valence-electron chi connectivity index (χ0n) is 10.6. The van der Waals surface area contributed by atoms with Gasteiger partial charge in [-0.25, -0.2) is 4.79 Å². The van der Waals surface area contributed by atoms with Gasteiger partial charge in [-0.05, 0) is 24.3 Å². The number of carbonyl (C=O) groups excluding carboxylic acids is 1. The van der Waals surface area contributed by atoms with Gasteiger partial charge in [0.2, 0.25) is 0 Å². The zero-order chi connectivity index (χ0) is 14.7. The molecule has 0 aliphatic heterocycles. The van der Waals surface area contributed by atoms with Crippen LogP contribution < -0.4 is 16.0 Å². The van der Waals surface area contributed by atoms with Gasteiger partial charge in [0.1, 0.15) is 0 Å². The lowest BCUT2D eigenvalue weighted by Crippen LogP contribution is -2.31. The number of nitrogens with two attached hydrogens (primary N) is 1. The summed E-state index contributed by atoms with van der Waals surface area (Å²) in [7, 11) is 1.60. The van der Waals surface area contributed by atoms with Crippen LogP contribution in [0.5, 0.6) is 0 Å². The van der Waals surface area contributed by atoms with E-state index in [-0.39, 0.29) is 6.03 Å². The van der Waals surface area contributed by atoms with Crippen LogP contribution >= 0.6 is 23.2 Å². The summed E-state index contributed by atoms with van der Waals surface area (Å²) in [5, 5.41) is 3.56. The number of rotatable bonds is 2. The van der Waals surface area contributed by atoms with Crippen LogP contribution in [0.3, 0.4) is 0 Å². The second-order valence-corrected chi connectivity index (χ2v) is 4.89. The molecule has 3 N–H and O–H groups in total. The largest absolute Gasteiger partial charge is 0.396 e. The summed E-state index contributed by atoms with van der Waals surface area (Å²) in [5.41, 5.74) is 7.17. The van der Waals surface area contributed by atoms with Crippen LogP contribution in [0.1, 0.15) is 0 Å². The molecule has 0 aliphatic carbocycles. The number of anilines is 3. The van der Waals surface area contributed by atoms with Crippen molar-refractivity contribution in [1.29, 1.82) is 0 Å². The molecule has 0 aliphatic rings. The molecule has 1 aromatic carbocycles. The van der Waals surface area contributed by atoms with Gasteiger partial charge in [0.25, 0.3) is 0 Å². The molecule has 2 amide bonds. The fourth-order valence-corrected chi connectivity index (χ4v) is 1.94. The summed E-state index contributed by atoms with van der Waals surface area (Å²) in [6, 6.07) is 6.09. The van der Waals surface area contributed by atoms with Crippen molar-refractivity contribution in [3.8, 4) is 0 Å². The van der Waals surface area contributed by atoms with E-state index in [0.717, 1.165) is 0 Å². The SMILES string of the molecule is CN(C(=O)Nc1cc(Cl)ccc1Cl)c1ccncc1N. The maximum atomic E-state index is 12.2. The number of hydrogen-bond donors (Lipinski definition) is 2. The highest BCUT2D eigenvalue weighted by Crippen LogP contribution is 2.27. The number of nitrogens with one attached hydrogen (secondary N) is 1. The van der Waals surface area contributed by atoms with Gasteiger partial charge in [-0.15, -0.1) is 0 Å². The first-order valence-corrected chi connectivity index (χ1v) is 6.44. The smallest absolute Gasteiger partial charge is 0.326 e. The number of aromatic nitrogens is 1. The number of carbonyl (C=O) groups is 1. The number of amides is 2. The normalized spacial score (nSPS) is 10.2. The molecule has 5 nitrogen and oxygen atoms in total. The summed E-state index contributed by atoms with van der Waals surface area (Å²) < 4.78 is 0. The van der Waals surface area contributed by atoms with Crippen LogP contribution in [0.4, 0.5) is 21.9 Å². The number of pyridine rings is 1. The Morgan fingerprint density at radius 2 is 2.10 bits per heavy atom. The monoisotopic (exact) mass is 310 g/mol. The minimum Gasteiger partial charge on any atom is -0.396 e. The van der Waals surface area contributed by atoms with Crippen LogP contribution in [-0.2, 0) is 0 Å². The Labute approximate surface area is 126 Å². The molecular formula is C13H12Cl2N4O. The maximum Gasteiger partial charge on any atom is 0.326 e. The third-order valence-electron chi connectivity index (χ3n) is 2.66. The molecule has 0 bridgehead atoms. The third kappa shape index (κ3) is 3.12. The first-order valence-electron chi connectivity index (χ1n) is 5.68. The fraction of sp³-hybridized carbons (Fsp3) is 0.0769. The van der Waals surface area contributed by atoms with E-state index in [1.54, 1.807) is 37.5 Å². The molecule has 1 aromatic heterocycles. The summed E-state index contributed by atoms with van der Waals surface area (Å²) in [6.07, 6.45) is 3.04. The average Bonchev–Trinajstić information content (AvgIpc) is 2.42. The molecule has 2 aromatic rings. The summed E-state index contributed by atoms with van der Waals surface area (Å²) in [4.78, 5) is 17.4. The molecule has 104 valence electrons. The lowest BCUT2D eigenvalue weighted by molar-refractivity contribution is 0.258. The fourth-order valence-electron chi connectivity index (χ4n) is 1.61. The van der Waals surface area contributed by atoms with Gasteiger partial charge in [-0.3, -0.25) is 9.88 Å². The molecule has 0 fully saturated rings. The van der Waals surface area contributed by atoms with E-state index >= 15 is 0 Å². The molecule has 0 atom stereocenters. The first-order chi connectivity index (χ1) is 9.49. The van der Waals surface area contributed by atoms with Crippen LogP contribution in [0, 0.1) is 0 Å². The highest BCUT2D eigenvalue weighted by molar-refractivity contribution is 6.35. The standard InChI is InChI=1S/C13H12Cl2N4O/c1-19(12-4-5-17-7-10(12)16)13(20)18-11-6-8(14)2-3-9(11)15/h2-7H,16H2,1H3,(H,18,20). The molecule has 0 radical (unpaired) electrons. The maximum absolute atomic E-state index is 12.2. The Morgan fingerprint density at radius 3 is 2.80 bits per heavy atom. The quantitative estimate of drug-likeness (QED) is 0.889. The molecular weight excluding hydrogens is 299 g/mol. The Hall–Kier alpha value is -1.98. The minimum absolute atomic E-state index is 0.382. The lowest BCUT2D eigenvalue weighted by atomic mass is 10.3. The molecule has 20 heavy (non-hydrogen) atoms. The average molecular weight is 311 g/mol. The van der Waals surface area contributed by atoms with Gasteiger partial charge in [0.05, 0.1) is 28.3 Å². The van der Waals surface area contributed by atoms with Crippen molar-refractivity contribution in [3.63, 3.8) is 0 Å². The lowest BCUT2D eigenvalue weighted by Gasteiger charge is -2.19. The zero-order valence-corrected chi connectivity index (χ0v) is 12.1. The Bertz CT molecular complexity index is 648. The molecule has 7 heteroatoms. The van der Waals surface area contributed by atoms with E-state index < -0.39 is 0 Å². The first kappa shape index (κ1) is 14.4. The van der Waals surface area contributed by atoms with Crippen molar-refractivity contribution in [2.24, 2.45) is 0 Å². The second kappa shape index (κ2) is 5.98. The van der Waals surface area contributed by atoms with Crippen LogP contribution in [0.15, 0.2) is 36.7 Å². The van der Waals surface area contributed by atoms with E-state index in [9.17, 15) is 4.79 Å². The van der Waals surface area contributed by atoms with E-state index in [0.29, 0.717) is 27.1 Å². The van der Waals surface area contributed by atoms with Gasteiger partial charge >= 0.3 is 6.03 Å². The summed E-state index contributed by atoms with van der Waals surface area (Å²) in [6.45, 7) is 0. The van der Waals surface area contributed by atoms with Gasteiger partial charge in [0, 0.05) is 18.3 Å². The Balaban J connectivity index is 2.20. The number of urea groups is 1. The number of hydrogen-bond acceptors (Lipinski definition) is 3. The number of benzene rings is 1. The highest BCUT2D eigenvalue weighted by atomic mass is 35.5. The van der Waals surface area contributed by atoms with Crippen LogP contribution in [0.25, 0.3) is 0 Å². The van der Waals surface area contributed by atoms with E-state index in [1.807, 2.05) is 0 Å². The van der Waals surface area contributed by atoms with Crippen LogP contribution in [0.2, 0.25) is 10.0 Å². The number of halogens is 2. The van der Waals surface area contributed by atoms with Crippen molar-refractivity contribution >= 4 is 46.3 Å². The van der Waals surface area contributed by atoms with Gasteiger partial charge in [-0.1, -0.05) is 23.2 Å². The molecule has 0 saturated carbocycles. The molecule has 2 rings (SSSR count). The van der Waals surface area contributed by atoms with Gasteiger partial charge < -0.3 is 11.1 Å². The molecule has 0 spiro atoms. The van der Waals surface area contributed by atoms with Crippen molar-refractivity contribution in [1.82, 2.24) is 4.98 Å². The topological polar surface area (TPSA) is 71.2 Å². The van der Waals surface area contributed by atoms with Crippen molar-refractivity contribution in [2.45, 2.75) is 0 Å².